The zero-order chi connectivity index (χ0) is 9.28. The Labute approximate surface area is 75.4 Å². The molecule has 0 unspecified atom stereocenters. The van der Waals surface area contributed by atoms with Crippen molar-refractivity contribution in [3.8, 4) is 0 Å². The third kappa shape index (κ3) is 16.0. The molecule has 0 saturated heterocycles. The van der Waals surface area contributed by atoms with Gasteiger partial charge in [0.15, 0.2) is 5.78 Å². The van der Waals surface area contributed by atoms with Crippen LogP contribution in [0.1, 0.15) is 20.8 Å². The van der Waals surface area contributed by atoms with Gasteiger partial charge in [-0.2, -0.15) is 0 Å². The smallest absolute Gasteiger partial charge is 0.330 e. The van der Waals surface area contributed by atoms with Crippen LogP contribution in [0.2, 0.25) is 0 Å². The molecule has 0 aliphatic heterocycles. The summed E-state index contributed by atoms with van der Waals surface area (Å²) in [5, 5.41) is 0. The standard InChI is InChI=1S/C6H8O3.C2H6.B/c1-5(7)3-4-6(8)9-2;1-2;/h3-4H,1-2H3;1-2H3;/b4-3+;;. The van der Waals surface area contributed by atoms with Gasteiger partial charge in [0.1, 0.15) is 0 Å². The second kappa shape index (κ2) is 12.6. The van der Waals surface area contributed by atoms with Crippen molar-refractivity contribution in [3.05, 3.63) is 12.2 Å². The molecule has 4 heteroatoms. The van der Waals surface area contributed by atoms with Crippen molar-refractivity contribution >= 4 is 20.2 Å². The quantitative estimate of drug-likeness (QED) is 0.351. The lowest BCUT2D eigenvalue weighted by Gasteiger charge is -1.85. The normalized spacial score (nSPS) is 7.67. The fourth-order valence-electron chi connectivity index (χ4n) is 0.253. The molecule has 0 atom stereocenters. The second-order valence-electron chi connectivity index (χ2n) is 1.47. The van der Waals surface area contributed by atoms with Crippen LogP contribution in [0.5, 0.6) is 0 Å². The molecule has 3 radical (unpaired) electrons. The Balaban J connectivity index is -0.000000249. The zero-order valence-electron chi connectivity index (χ0n) is 7.96. The number of methoxy groups -OCH3 is 1. The third-order valence-electron chi connectivity index (χ3n) is 0.655. The van der Waals surface area contributed by atoms with Crippen LogP contribution in [0.3, 0.4) is 0 Å². The van der Waals surface area contributed by atoms with Crippen LogP contribution in [0.4, 0.5) is 0 Å². The van der Waals surface area contributed by atoms with Gasteiger partial charge in [-0.25, -0.2) is 4.79 Å². The molecule has 0 aliphatic carbocycles. The Hall–Kier alpha value is -1.06. The minimum absolute atomic E-state index is 0. The van der Waals surface area contributed by atoms with Crippen molar-refractivity contribution in [2.45, 2.75) is 20.8 Å². The third-order valence-corrected chi connectivity index (χ3v) is 0.655. The van der Waals surface area contributed by atoms with Crippen molar-refractivity contribution in [1.82, 2.24) is 0 Å². The van der Waals surface area contributed by atoms with E-state index in [1.54, 1.807) is 0 Å². The summed E-state index contributed by atoms with van der Waals surface area (Å²) < 4.78 is 4.22. The maximum atomic E-state index is 10.3. The van der Waals surface area contributed by atoms with Crippen LogP contribution in [0.25, 0.3) is 0 Å². The van der Waals surface area contributed by atoms with Crippen LogP contribution in [-0.4, -0.2) is 27.3 Å². The molecule has 0 N–H and O–H groups in total. The zero-order valence-corrected chi connectivity index (χ0v) is 7.96. The second-order valence-corrected chi connectivity index (χ2v) is 1.47. The first-order valence-corrected chi connectivity index (χ1v) is 3.43. The summed E-state index contributed by atoms with van der Waals surface area (Å²) >= 11 is 0. The molecule has 0 aromatic rings. The van der Waals surface area contributed by atoms with Crippen LogP contribution in [-0.2, 0) is 14.3 Å². The van der Waals surface area contributed by atoms with E-state index in [1.165, 1.54) is 14.0 Å². The number of carbonyl (C=O) groups is 2. The highest BCUT2D eigenvalue weighted by molar-refractivity contribution is 5.94. The van der Waals surface area contributed by atoms with Gasteiger partial charge >= 0.3 is 5.97 Å². The van der Waals surface area contributed by atoms with Crippen LogP contribution in [0, 0.1) is 0 Å². The van der Waals surface area contributed by atoms with Crippen molar-refractivity contribution in [2.75, 3.05) is 7.11 Å². The average molecular weight is 169 g/mol. The Bertz CT molecular complexity index is 152. The molecule has 0 amide bonds. The number of hydrogen-bond donors (Lipinski definition) is 0. The fraction of sp³-hybridized carbons (Fsp3) is 0.500. The molecular formula is C8H14BO3. The number of rotatable bonds is 2. The van der Waals surface area contributed by atoms with Gasteiger partial charge in [0, 0.05) is 14.5 Å². The highest BCUT2D eigenvalue weighted by Gasteiger charge is 1.89. The molecule has 12 heavy (non-hydrogen) atoms. The van der Waals surface area contributed by atoms with E-state index in [-0.39, 0.29) is 14.2 Å². The van der Waals surface area contributed by atoms with Gasteiger partial charge in [0.25, 0.3) is 0 Å². The van der Waals surface area contributed by atoms with E-state index in [0.29, 0.717) is 0 Å². The average Bonchev–Trinajstić information content (AvgIpc) is 2.04. The monoisotopic (exact) mass is 169 g/mol. The number of hydrogen-bond acceptors (Lipinski definition) is 3. The Morgan fingerprint density at radius 2 is 1.58 bits per heavy atom. The van der Waals surface area contributed by atoms with E-state index < -0.39 is 5.97 Å². The SMILES string of the molecule is CC.COC(=O)/C=C/C(C)=O.[B]. The predicted octanol–water partition coefficient (Wildman–Crippen LogP) is 0.950. The lowest BCUT2D eigenvalue weighted by Crippen LogP contribution is -1.95. The topological polar surface area (TPSA) is 43.4 Å². The van der Waals surface area contributed by atoms with E-state index in [0.717, 1.165) is 12.2 Å². The van der Waals surface area contributed by atoms with E-state index in [9.17, 15) is 9.59 Å². The molecule has 0 aromatic heterocycles. The van der Waals surface area contributed by atoms with Crippen molar-refractivity contribution in [2.24, 2.45) is 0 Å². The highest BCUT2D eigenvalue weighted by atomic mass is 16.5. The van der Waals surface area contributed by atoms with Crippen molar-refractivity contribution < 1.29 is 14.3 Å². The van der Waals surface area contributed by atoms with Gasteiger partial charge in [0.05, 0.1) is 7.11 Å². The van der Waals surface area contributed by atoms with Gasteiger partial charge in [0.2, 0.25) is 0 Å². The Morgan fingerprint density at radius 1 is 1.17 bits per heavy atom. The summed E-state index contributed by atoms with van der Waals surface area (Å²) in [4.78, 5) is 20.4. The van der Waals surface area contributed by atoms with Gasteiger partial charge in [-0.15, -0.1) is 0 Å². The molecular weight excluding hydrogens is 155 g/mol. The summed E-state index contributed by atoms with van der Waals surface area (Å²) in [5.74, 6) is -0.675. The first-order chi connectivity index (χ1) is 5.16. The van der Waals surface area contributed by atoms with Crippen LogP contribution in [0.15, 0.2) is 12.2 Å². The lowest BCUT2D eigenvalue weighted by atomic mass is 10.4. The largest absolute Gasteiger partial charge is 0.466 e. The van der Waals surface area contributed by atoms with E-state index >= 15 is 0 Å². The summed E-state index contributed by atoms with van der Waals surface area (Å²) in [7, 11) is 1.26. The van der Waals surface area contributed by atoms with Gasteiger partial charge in [-0.1, -0.05) is 13.8 Å². The fourth-order valence-corrected chi connectivity index (χ4v) is 0.253. The Morgan fingerprint density at radius 3 is 1.83 bits per heavy atom. The maximum Gasteiger partial charge on any atom is 0.330 e. The van der Waals surface area contributed by atoms with Crippen molar-refractivity contribution in [1.29, 1.82) is 0 Å². The molecule has 0 aromatic carbocycles. The van der Waals surface area contributed by atoms with E-state index in [1.807, 2.05) is 13.8 Å². The predicted molar refractivity (Wildman–Crippen MR) is 48.9 cm³/mol. The minimum Gasteiger partial charge on any atom is -0.466 e. The number of carbonyl (C=O) groups excluding carboxylic acids is 2. The molecule has 0 fully saturated rings. The number of ether oxygens (including phenoxy) is 1. The molecule has 0 heterocycles. The van der Waals surface area contributed by atoms with E-state index in [4.69, 9.17) is 0 Å². The summed E-state index contributed by atoms with van der Waals surface area (Å²) in [5.41, 5.74) is 0. The first-order valence-electron chi connectivity index (χ1n) is 3.43. The summed E-state index contributed by atoms with van der Waals surface area (Å²) in [6, 6.07) is 0. The van der Waals surface area contributed by atoms with E-state index in [2.05, 4.69) is 4.74 Å². The van der Waals surface area contributed by atoms with Crippen molar-refractivity contribution in [3.63, 3.8) is 0 Å². The number of esters is 1. The van der Waals surface area contributed by atoms with Gasteiger partial charge < -0.3 is 4.74 Å². The van der Waals surface area contributed by atoms with Crippen LogP contribution >= 0.6 is 0 Å². The highest BCUT2D eigenvalue weighted by Crippen LogP contribution is 1.78. The molecule has 3 nitrogen and oxygen atoms in total. The maximum absolute atomic E-state index is 10.3. The summed E-state index contributed by atoms with van der Waals surface area (Å²) in [6.45, 7) is 5.36. The molecule has 67 valence electrons. The molecule has 0 saturated carbocycles. The number of allylic oxidation sites excluding steroid dienone is 1. The summed E-state index contributed by atoms with van der Waals surface area (Å²) in [6.07, 6.45) is 2.24. The minimum atomic E-state index is -0.509. The number of ketones is 1. The first kappa shape index (κ1) is 17.1. The molecule has 0 bridgehead atoms. The molecule has 0 spiro atoms. The molecule has 0 aliphatic rings. The van der Waals surface area contributed by atoms with Crippen LogP contribution < -0.4 is 0 Å². The van der Waals surface area contributed by atoms with Gasteiger partial charge in [-0.3, -0.25) is 4.79 Å². The van der Waals surface area contributed by atoms with Gasteiger partial charge in [-0.05, 0) is 13.0 Å². The molecule has 0 rings (SSSR count). The Kier molecular flexibility index (Phi) is 18.0. The lowest BCUT2D eigenvalue weighted by molar-refractivity contribution is -0.135.